The first-order valence-corrected chi connectivity index (χ1v) is 4.90. The second-order valence-corrected chi connectivity index (χ2v) is 3.36. The molecule has 17 heavy (non-hydrogen) atoms. The van der Waals surface area contributed by atoms with E-state index < -0.39 is 4.92 Å². The molecule has 0 saturated heterocycles. The van der Waals surface area contributed by atoms with Crippen molar-refractivity contribution in [3.8, 4) is 6.07 Å². The van der Waals surface area contributed by atoms with Gasteiger partial charge in [0.2, 0.25) is 5.82 Å². The zero-order valence-corrected chi connectivity index (χ0v) is 9.51. The van der Waals surface area contributed by atoms with Crippen LogP contribution in [0.1, 0.15) is 12.6 Å². The van der Waals surface area contributed by atoms with Crippen molar-refractivity contribution in [2.24, 2.45) is 0 Å². The molecule has 1 heterocycles. The van der Waals surface area contributed by atoms with E-state index in [1.807, 2.05) is 13.0 Å². The zero-order valence-electron chi connectivity index (χ0n) is 9.51. The van der Waals surface area contributed by atoms with Crippen LogP contribution in [0.2, 0.25) is 0 Å². The number of rotatable bonds is 5. The minimum Gasteiger partial charge on any atom is -0.380 e. The van der Waals surface area contributed by atoms with Crippen LogP contribution < -0.4 is 5.32 Å². The Kier molecular flexibility index (Phi) is 4.37. The van der Waals surface area contributed by atoms with Crippen molar-refractivity contribution in [1.82, 2.24) is 4.98 Å². The average Bonchev–Trinajstić information content (AvgIpc) is 2.35. The van der Waals surface area contributed by atoms with Crippen molar-refractivity contribution < 1.29 is 9.66 Å². The van der Waals surface area contributed by atoms with Gasteiger partial charge in [-0.05, 0) is 13.0 Å². The molecule has 1 aromatic heterocycles. The summed E-state index contributed by atoms with van der Waals surface area (Å²) in [7, 11) is 1.54. The molecule has 0 unspecified atom stereocenters. The summed E-state index contributed by atoms with van der Waals surface area (Å²) >= 11 is 0. The smallest absolute Gasteiger partial charge is 0.311 e. The van der Waals surface area contributed by atoms with Gasteiger partial charge in [0, 0.05) is 19.7 Å². The maximum Gasteiger partial charge on any atom is 0.311 e. The molecule has 1 N–H and O–H groups in total. The summed E-state index contributed by atoms with van der Waals surface area (Å²) in [5.41, 5.74) is -0.0320. The fourth-order valence-electron chi connectivity index (χ4n) is 1.12. The molecule has 0 aliphatic heterocycles. The molecule has 0 radical (unpaired) electrons. The van der Waals surface area contributed by atoms with Gasteiger partial charge >= 0.3 is 5.69 Å². The van der Waals surface area contributed by atoms with Crippen LogP contribution in [-0.2, 0) is 4.74 Å². The third-order valence-corrected chi connectivity index (χ3v) is 2.14. The molecule has 0 aliphatic carbocycles. The first-order chi connectivity index (χ1) is 8.08. The Balaban J connectivity index is 2.94. The SMILES string of the molecule is CO[C@H](C)CNc1nc(C#N)ccc1[N+](=O)[O-]. The molecular weight excluding hydrogens is 224 g/mol. The Morgan fingerprint density at radius 3 is 2.94 bits per heavy atom. The second kappa shape index (κ2) is 5.77. The quantitative estimate of drug-likeness (QED) is 0.610. The number of nitrogens with one attached hydrogen (secondary N) is 1. The molecule has 0 fully saturated rings. The molecule has 1 aromatic rings. The third kappa shape index (κ3) is 3.39. The highest BCUT2D eigenvalue weighted by atomic mass is 16.6. The molecule has 0 saturated carbocycles. The van der Waals surface area contributed by atoms with Crippen molar-refractivity contribution in [3.63, 3.8) is 0 Å². The Bertz CT molecular complexity index is 455. The van der Waals surface area contributed by atoms with Crippen LogP contribution in [0.5, 0.6) is 0 Å². The molecule has 1 atom stereocenters. The summed E-state index contributed by atoms with van der Waals surface area (Å²) in [5.74, 6) is 0.0814. The van der Waals surface area contributed by atoms with Crippen LogP contribution in [0.25, 0.3) is 0 Å². The Hall–Kier alpha value is -2.20. The summed E-state index contributed by atoms with van der Waals surface area (Å²) in [5, 5.41) is 22.2. The van der Waals surface area contributed by atoms with E-state index in [1.165, 1.54) is 12.1 Å². The van der Waals surface area contributed by atoms with E-state index in [4.69, 9.17) is 10.00 Å². The molecular formula is C10H12N4O3. The van der Waals surface area contributed by atoms with Crippen LogP contribution in [0, 0.1) is 21.4 Å². The highest BCUT2D eigenvalue weighted by Crippen LogP contribution is 2.21. The van der Waals surface area contributed by atoms with Gasteiger partial charge in [-0.2, -0.15) is 5.26 Å². The van der Waals surface area contributed by atoms with E-state index in [-0.39, 0.29) is 23.3 Å². The summed E-state index contributed by atoms with van der Waals surface area (Å²) < 4.78 is 5.00. The van der Waals surface area contributed by atoms with Gasteiger partial charge in [-0.15, -0.1) is 0 Å². The average molecular weight is 236 g/mol. The molecule has 7 nitrogen and oxygen atoms in total. The van der Waals surface area contributed by atoms with Crippen molar-refractivity contribution >= 4 is 11.5 Å². The summed E-state index contributed by atoms with van der Waals surface area (Å²) in [6, 6.07) is 4.39. The molecule has 0 bridgehead atoms. The van der Waals surface area contributed by atoms with E-state index in [1.54, 1.807) is 7.11 Å². The van der Waals surface area contributed by atoms with Crippen LogP contribution in [0.3, 0.4) is 0 Å². The standard InChI is InChI=1S/C10H12N4O3/c1-7(17-2)6-12-10-9(14(15)16)4-3-8(5-11)13-10/h3-4,7H,6H2,1-2H3,(H,12,13)/t7-/m1/s1. The van der Waals surface area contributed by atoms with Gasteiger partial charge < -0.3 is 10.1 Å². The highest BCUT2D eigenvalue weighted by Gasteiger charge is 2.16. The number of hydrogen-bond donors (Lipinski definition) is 1. The summed E-state index contributed by atoms with van der Waals surface area (Å²) in [6.45, 7) is 2.19. The third-order valence-electron chi connectivity index (χ3n) is 2.14. The normalized spacial score (nSPS) is 11.6. The number of nitriles is 1. The van der Waals surface area contributed by atoms with Crippen LogP contribution in [0.15, 0.2) is 12.1 Å². The van der Waals surface area contributed by atoms with E-state index >= 15 is 0 Å². The maximum atomic E-state index is 10.7. The monoisotopic (exact) mass is 236 g/mol. The van der Waals surface area contributed by atoms with Gasteiger partial charge in [-0.3, -0.25) is 10.1 Å². The van der Waals surface area contributed by atoms with Crippen LogP contribution >= 0.6 is 0 Å². The fraction of sp³-hybridized carbons (Fsp3) is 0.400. The second-order valence-electron chi connectivity index (χ2n) is 3.36. The first-order valence-electron chi connectivity index (χ1n) is 4.90. The molecule has 1 rings (SSSR count). The zero-order chi connectivity index (χ0) is 12.8. The van der Waals surface area contributed by atoms with Crippen molar-refractivity contribution in [2.75, 3.05) is 19.0 Å². The summed E-state index contributed by atoms with van der Waals surface area (Å²) in [6.07, 6.45) is -0.109. The summed E-state index contributed by atoms with van der Waals surface area (Å²) in [4.78, 5) is 14.0. The maximum absolute atomic E-state index is 10.7. The molecule has 0 amide bonds. The number of nitro groups is 1. The van der Waals surface area contributed by atoms with Crippen molar-refractivity contribution in [1.29, 1.82) is 5.26 Å². The lowest BCUT2D eigenvalue weighted by atomic mass is 10.3. The number of pyridine rings is 1. The van der Waals surface area contributed by atoms with Crippen molar-refractivity contribution in [3.05, 3.63) is 27.9 Å². The number of ether oxygens (including phenoxy) is 1. The minimum atomic E-state index is -0.548. The number of hydrogen-bond acceptors (Lipinski definition) is 6. The largest absolute Gasteiger partial charge is 0.380 e. The Labute approximate surface area is 98.2 Å². The lowest BCUT2D eigenvalue weighted by Gasteiger charge is -2.11. The van der Waals surface area contributed by atoms with E-state index in [9.17, 15) is 10.1 Å². The first kappa shape index (κ1) is 12.9. The lowest BCUT2D eigenvalue weighted by molar-refractivity contribution is -0.384. The van der Waals surface area contributed by atoms with Gasteiger partial charge in [0.05, 0.1) is 11.0 Å². The van der Waals surface area contributed by atoms with Gasteiger partial charge in [-0.25, -0.2) is 4.98 Å². The number of methoxy groups -OCH3 is 1. The van der Waals surface area contributed by atoms with Crippen molar-refractivity contribution in [2.45, 2.75) is 13.0 Å². The number of anilines is 1. The molecule has 0 aliphatic rings. The predicted octanol–water partition coefficient (Wildman–Crippen LogP) is 1.31. The van der Waals surface area contributed by atoms with Crippen LogP contribution in [0.4, 0.5) is 11.5 Å². The number of aromatic nitrogens is 1. The van der Waals surface area contributed by atoms with E-state index in [2.05, 4.69) is 10.3 Å². The van der Waals surface area contributed by atoms with E-state index in [0.717, 1.165) is 0 Å². The Morgan fingerprint density at radius 1 is 1.71 bits per heavy atom. The molecule has 0 aromatic carbocycles. The van der Waals surface area contributed by atoms with Gasteiger partial charge in [-0.1, -0.05) is 0 Å². The van der Waals surface area contributed by atoms with Gasteiger partial charge in [0.1, 0.15) is 11.8 Å². The topological polar surface area (TPSA) is 101 Å². The van der Waals surface area contributed by atoms with Crippen LogP contribution in [-0.4, -0.2) is 29.7 Å². The van der Waals surface area contributed by atoms with E-state index in [0.29, 0.717) is 6.54 Å². The van der Waals surface area contributed by atoms with Gasteiger partial charge in [0.15, 0.2) is 0 Å². The predicted molar refractivity (Wildman–Crippen MR) is 60.6 cm³/mol. The molecule has 90 valence electrons. The lowest BCUT2D eigenvalue weighted by Crippen LogP contribution is -2.19. The highest BCUT2D eigenvalue weighted by molar-refractivity contribution is 5.57. The number of nitrogens with zero attached hydrogens (tertiary/aromatic N) is 3. The minimum absolute atomic E-state index is 0.0814. The van der Waals surface area contributed by atoms with Gasteiger partial charge in [0.25, 0.3) is 0 Å². The fourth-order valence-corrected chi connectivity index (χ4v) is 1.12. The molecule has 0 spiro atoms. The Morgan fingerprint density at radius 2 is 2.41 bits per heavy atom. The molecule has 7 heteroatoms.